The van der Waals surface area contributed by atoms with Crippen molar-refractivity contribution in [3.05, 3.63) is 23.7 Å². The Kier molecular flexibility index (Phi) is 4.38. The van der Waals surface area contributed by atoms with Crippen LogP contribution >= 0.6 is 0 Å². The predicted octanol–water partition coefficient (Wildman–Crippen LogP) is 2.48. The largest absolute Gasteiger partial charge is 0.475 e. The van der Waals surface area contributed by atoms with Crippen LogP contribution in [0.5, 0.6) is 0 Å². The van der Waals surface area contributed by atoms with Crippen molar-refractivity contribution in [3.63, 3.8) is 0 Å². The fraction of sp³-hybridized carbons (Fsp3) is 0.615. The van der Waals surface area contributed by atoms with Gasteiger partial charge in [-0.3, -0.25) is 0 Å². The molecule has 18 heavy (non-hydrogen) atoms. The van der Waals surface area contributed by atoms with E-state index in [0.717, 1.165) is 26.1 Å². The molecular formula is C13H18O5. The number of furan rings is 1. The molecule has 1 unspecified atom stereocenters. The third-order valence-electron chi connectivity index (χ3n) is 3.16. The number of rotatable bonds is 5. The van der Waals surface area contributed by atoms with Crippen molar-refractivity contribution in [1.29, 1.82) is 0 Å². The Hall–Kier alpha value is -1.33. The topological polar surface area (TPSA) is 68.9 Å². The molecule has 2 rings (SSSR count). The standard InChI is InChI=1S/C13H18O5/c1-9(11-2-3-12(18-11)13(14)15)17-8-10-4-6-16-7-5-10/h2-3,9-10H,4-8H2,1H3,(H,14,15). The second kappa shape index (κ2) is 6.02. The van der Waals surface area contributed by atoms with Gasteiger partial charge in [0, 0.05) is 13.2 Å². The summed E-state index contributed by atoms with van der Waals surface area (Å²) < 4.78 is 16.2. The van der Waals surface area contributed by atoms with Crippen LogP contribution in [0, 0.1) is 5.92 Å². The Morgan fingerprint density at radius 1 is 1.50 bits per heavy atom. The van der Waals surface area contributed by atoms with Gasteiger partial charge in [0.15, 0.2) is 0 Å². The molecule has 0 saturated carbocycles. The Morgan fingerprint density at radius 3 is 2.83 bits per heavy atom. The fourth-order valence-electron chi connectivity index (χ4n) is 1.96. The van der Waals surface area contributed by atoms with Crippen LogP contribution in [0.4, 0.5) is 0 Å². The van der Waals surface area contributed by atoms with E-state index in [9.17, 15) is 4.79 Å². The lowest BCUT2D eigenvalue weighted by Gasteiger charge is -2.23. The van der Waals surface area contributed by atoms with E-state index in [1.54, 1.807) is 6.07 Å². The summed E-state index contributed by atoms with van der Waals surface area (Å²) in [5.74, 6) is -0.0287. The highest BCUT2D eigenvalue weighted by Gasteiger charge is 2.18. The second-order valence-electron chi connectivity index (χ2n) is 4.54. The van der Waals surface area contributed by atoms with E-state index in [1.165, 1.54) is 6.07 Å². The number of carbonyl (C=O) groups is 1. The van der Waals surface area contributed by atoms with Gasteiger partial charge in [-0.05, 0) is 37.8 Å². The van der Waals surface area contributed by atoms with Crippen molar-refractivity contribution in [3.8, 4) is 0 Å². The molecule has 0 spiro atoms. The van der Waals surface area contributed by atoms with Crippen LogP contribution in [-0.4, -0.2) is 30.9 Å². The van der Waals surface area contributed by atoms with Gasteiger partial charge < -0.3 is 19.0 Å². The van der Waals surface area contributed by atoms with Gasteiger partial charge in [-0.1, -0.05) is 0 Å². The molecule has 2 heterocycles. The summed E-state index contributed by atoms with van der Waals surface area (Å²) in [5.41, 5.74) is 0. The van der Waals surface area contributed by atoms with Gasteiger partial charge in [0.05, 0.1) is 6.61 Å². The molecule has 1 aromatic heterocycles. The maximum Gasteiger partial charge on any atom is 0.371 e. The van der Waals surface area contributed by atoms with Crippen LogP contribution in [0.1, 0.15) is 42.2 Å². The van der Waals surface area contributed by atoms with E-state index in [0.29, 0.717) is 18.3 Å². The molecule has 1 aromatic rings. The van der Waals surface area contributed by atoms with Gasteiger partial charge in [0.25, 0.3) is 0 Å². The lowest BCUT2D eigenvalue weighted by atomic mass is 10.0. The Morgan fingerprint density at radius 2 is 2.22 bits per heavy atom. The highest BCUT2D eigenvalue weighted by Crippen LogP contribution is 2.23. The zero-order chi connectivity index (χ0) is 13.0. The third kappa shape index (κ3) is 3.34. The Balaban J connectivity index is 1.82. The first-order valence-electron chi connectivity index (χ1n) is 6.19. The number of hydrogen-bond donors (Lipinski definition) is 1. The highest BCUT2D eigenvalue weighted by atomic mass is 16.5. The zero-order valence-electron chi connectivity index (χ0n) is 10.4. The van der Waals surface area contributed by atoms with Gasteiger partial charge in [-0.15, -0.1) is 0 Å². The molecule has 0 aliphatic carbocycles. The van der Waals surface area contributed by atoms with Gasteiger partial charge in [-0.2, -0.15) is 0 Å². The predicted molar refractivity (Wildman–Crippen MR) is 63.6 cm³/mol. The summed E-state index contributed by atoms with van der Waals surface area (Å²) in [7, 11) is 0. The molecule has 1 fully saturated rings. The lowest BCUT2D eigenvalue weighted by Crippen LogP contribution is -2.20. The molecule has 5 nitrogen and oxygen atoms in total. The average molecular weight is 254 g/mol. The number of aromatic carboxylic acids is 1. The van der Waals surface area contributed by atoms with Crippen LogP contribution in [0.3, 0.4) is 0 Å². The first-order chi connectivity index (χ1) is 8.66. The molecule has 0 bridgehead atoms. The summed E-state index contributed by atoms with van der Waals surface area (Å²) in [5, 5.41) is 8.77. The van der Waals surface area contributed by atoms with Crippen LogP contribution in [0.2, 0.25) is 0 Å². The molecule has 1 aliphatic heterocycles. The Labute approximate surface area is 106 Å². The smallest absolute Gasteiger partial charge is 0.371 e. The summed E-state index contributed by atoms with van der Waals surface area (Å²) in [6, 6.07) is 3.10. The van der Waals surface area contributed by atoms with E-state index in [1.807, 2.05) is 6.92 Å². The van der Waals surface area contributed by atoms with E-state index in [4.69, 9.17) is 19.0 Å². The fourth-order valence-corrected chi connectivity index (χ4v) is 1.96. The molecule has 1 N–H and O–H groups in total. The van der Waals surface area contributed by atoms with Crippen molar-refractivity contribution in [1.82, 2.24) is 0 Å². The minimum atomic E-state index is -1.06. The number of carboxylic acids is 1. The Bertz CT molecular complexity index is 392. The lowest BCUT2D eigenvalue weighted by molar-refractivity contribution is -0.0124. The quantitative estimate of drug-likeness (QED) is 0.874. The van der Waals surface area contributed by atoms with Crippen LogP contribution in [0.15, 0.2) is 16.5 Å². The van der Waals surface area contributed by atoms with Gasteiger partial charge in [0.1, 0.15) is 11.9 Å². The van der Waals surface area contributed by atoms with Crippen molar-refractivity contribution in [2.45, 2.75) is 25.9 Å². The maximum atomic E-state index is 10.7. The van der Waals surface area contributed by atoms with Gasteiger partial charge in [-0.25, -0.2) is 4.79 Å². The summed E-state index contributed by atoms with van der Waals surface area (Å²) in [6.07, 6.45) is 1.82. The summed E-state index contributed by atoms with van der Waals surface area (Å²) in [4.78, 5) is 10.7. The molecular weight excluding hydrogens is 236 g/mol. The first-order valence-corrected chi connectivity index (χ1v) is 6.19. The number of ether oxygens (including phenoxy) is 2. The minimum Gasteiger partial charge on any atom is -0.475 e. The molecule has 1 atom stereocenters. The van der Waals surface area contributed by atoms with Gasteiger partial charge in [0.2, 0.25) is 5.76 Å². The second-order valence-corrected chi connectivity index (χ2v) is 4.54. The van der Waals surface area contributed by atoms with Crippen molar-refractivity contribution < 1.29 is 23.8 Å². The molecule has 0 radical (unpaired) electrons. The average Bonchev–Trinajstić information content (AvgIpc) is 2.87. The van der Waals surface area contributed by atoms with Gasteiger partial charge >= 0.3 is 5.97 Å². The van der Waals surface area contributed by atoms with Crippen molar-refractivity contribution in [2.75, 3.05) is 19.8 Å². The van der Waals surface area contributed by atoms with E-state index in [2.05, 4.69) is 0 Å². The number of carboxylic acid groups (broad SMARTS) is 1. The molecule has 1 aliphatic rings. The molecule has 0 amide bonds. The summed E-state index contributed by atoms with van der Waals surface area (Å²) >= 11 is 0. The maximum absolute atomic E-state index is 10.7. The molecule has 100 valence electrons. The van der Waals surface area contributed by atoms with Crippen molar-refractivity contribution in [2.24, 2.45) is 5.92 Å². The molecule has 5 heteroatoms. The van der Waals surface area contributed by atoms with Crippen molar-refractivity contribution >= 4 is 5.97 Å². The van der Waals surface area contributed by atoms with E-state index >= 15 is 0 Å². The van der Waals surface area contributed by atoms with Crippen LogP contribution < -0.4 is 0 Å². The van der Waals surface area contributed by atoms with E-state index in [-0.39, 0.29) is 11.9 Å². The van der Waals surface area contributed by atoms with E-state index < -0.39 is 5.97 Å². The zero-order valence-corrected chi connectivity index (χ0v) is 10.4. The number of hydrogen-bond acceptors (Lipinski definition) is 4. The SMILES string of the molecule is CC(OCC1CCOCC1)c1ccc(C(=O)O)o1. The third-order valence-corrected chi connectivity index (χ3v) is 3.16. The molecule has 1 saturated heterocycles. The first kappa shape index (κ1) is 13.1. The summed E-state index contributed by atoms with van der Waals surface area (Å²) in [6.45, 7) is 4.12. The monoisotopic (exact) mass is 254 g/mol. The van der Waals surface area contributed by atoms with Crippen LogP contribution in [-0.2, 0) is 9.47 Å². The minimum absolute atomic E-state index is 0.0495. The molecule has 0 aromatic carbocycles. The van der Waals surface area contributed by atoms with Crippen LogP contribution in [0.25, 0.3) is 0 Å². The highest BCUT2D eigenvalue weighted by molar-refractivity contribution is 5.84. The normalized spacial score (nSPS) is 18.7.